The largest absolute Gasteiger partial charge is 0.455 e. The van der Waals surface area contributed by atoms with Crippen LogP contribution in [-0.4, -0.2) is 0 Å². The maximum Gasteiger partial charge on any atom is 0.143 e. The lowest BCUT2D eigenvalue weighted by Gasteiger charge is -2.29. The maximum atomic E-state index is 7.02. The summed E-state index contributed by atoms with van der Waals surface area (Å²) in [5, 5.41) is 6.99. The summed E-state index contributed by atoms with van der Waals surface area (Å²) in [6.07, 6.45) is 0. The summed E-state index contributed by atoms with van der Waals surface area (Å²) < 4.78 is 7.02. The number of fused-ring (bicyclic) bond motifs is 8. The lowest BCUT2D eigenvalue weighted by atomic mass is 9.82. The molecular formula is C53H37NO. The van der Waals surface area contributed by atoms with Gasteiger partial charge in [-0.3, -0.25) is 0 Å². The molecular weight excluding hydrogens is 667 g/mol. The van der Waals surface area contributed by atoms with E-state index in [1.165, 1.54) is 54.9 Å². The van der Waals surface area contributed by atoms with Crippen LogP contribution in [0.2, 0.25) is 0 Å². The van der Waals surface area contributed by atoms with Crippen molar-refractivity contribution in [3.63, 3.8) is 0 Å². The molecule has 0 amide bonds. The van der Waals surface area contributed by atoms with Crippen LogP contribution in [0.25, 0.3) is 76.9 Å². The lowest BCUT2D eigenvalue weighted by Crippen LogP contribution is -2.16. The summed E-state index contributed by atoms with van der Waals surface area (Å²) in [6.45, 7) is 4.70. The van der Waals surface area contributed by atoms with Crippen molar-refractivity contribution in [2.24, 2.45) is 0 Å². The van der Waals surface area contributed by atoms with Crippen LogP contribution in [0.15, 0.2) is 192 Å². The molecule has 55 heavy (non-hydrogen) atoms. The predicted octanol–water partition coefficient (Wildman–Crippen LogP) is 15.0. The fraction of sp³-hybridized carbons (Fsp3) is 0.0566. The van der Waals surface area contributed by atoms with E-state index in [0.717, 1.165) is 50.1 Å². The smallest absolute Gasteiger partial charge is 0.143 e. The first-order valence-corrected chi connectivity index (χ1v) is 19.1. The van der Waals surface area contributed by atoms with Crippen molar-refractivity contribution in [1.82, 2.24) is 0 Å². The van der Waals surface area contributed by atoms with Crippen LogP contribution in [0, 0.1) is 0 Å². The Hall–Kier alpha value is -6.90. The first kappa shape index (κ1) is 31.6. The second-order valence-corrected chi connectivity index (χ2v) is 15.3. The molecule has 1 aliphatic rings. The van der Waals surface area contributed by atoms with Crippen LogP contribution in [-0.2, 0) is 5.41 Å². The highest BCUT2D eigenvalue weighted by atomic mass is 16.3. The molecule has 2 heteroatoms. The Morgan fingerprint density at radius 3 is 1.95 bits per heavy atom. The normalized spacial score (nSPS) is 13.1. The van der Waals surface area contributed by atoms with E-state index >= 15 is 0 Å². The Morgan fingerprint density at radius 1 is 0.436 bits per heavy atom. The van der Waals surface area contributed by atoms with Crippen molar-refractivity contribution in [1.29, 1.82) is 0 Å². The van der Waals surface area contributed by atoms with Gasteiger partial charge in [-0.2, -0.15) is 0 Å². The van der Waals surface area contributed by atoms with Crippen molar-refractivity contribution in [2.45, 2.75) is 19.3 Å². The monoisotopic (exact) mass is 703 g/mol. The molecule has 0 unspecified atom stereocenters. The third-order valence-electron chi connectivity index (χ3n) is 11.8. The van der Waals surface area contributed by atoms with Crippen molar-refractivity contribution in [3.05, 3.63) is 199 Å². The number of rotatable bonds is 5. The number of hydrogen-bond donors (Lipinski definition) is 0. The average molecular weight is 704 g/mol. The number of benzene rings is 9. The number of nitrogens with zero attached hydrogens (tertiary/aromatic N) is 1. The molecule has 2 nitrogen and oxygen atoms in total. The molecule has 0 fully saturated rings. The van der Waals surface area contributed by atoms with Gasteiger partial charge in [0.1, 0.15) is 11.2 Å². The van der Waals surface area contributed by atoms with Crippen molar-refractivity contribution >= 4 is 60.5 Å². The van der Waals surface area contributed by atoms with Crippen LogP contribution in [0.5, 0.6) is 0 Å². The van der Waals surface area contributed by atoms with E-state index in [-0.39, 0.29) is 5.41 Å². The fourth-order valence-corrected chi connectivity index (χ4v) is 9.11. The first-order valence-electron chi connectivity index (χ1n) is 19.1. The van der Waals surface area contributed by atoms with E-state index in [0.29, 0.717) is 0 Å². The third-order valence-corrected chi connectivity index (χ3v) is 11.8. The molecule has 0 saturated carbocycles. The maximum absolute atomic E-state index is 7.02. The van der Waals surface area contributed by atoms with Gasteiger partial charge in [-0.1, -0.05) is 159 Å². The highest BCUT2D eigenvalue weighted by molar-refractivity contribution is 6.22. The van der Waals surface area contributed by atoms with Gasteiger partial charge in [0.25, 0.3) is 0 Å². The molecule has 0 spiro atoms. The third kappa shape index (κ3) is 4.88. The van der Waals surface area contributed by atoms with E-state index < -0.39 is 0 Å². The van der Waals surface area contributed by atoms with Crippen molar-refractivity contribution in [2.75, 3.05) is 4.90 Å². The van der Waals surface area contributed by atoms with Gasteiger partial charge in [0, 0.05) is 27.7 Å². The van der Waals surface area contributed by atoms with E-state index in [4.69, 9.17) is 4.42 Å². The van der Waals surface area contributed by atoms with Crippen LogP contribution >= 0.6 is 0 Å². The topological polar surface area (TPSA) is 16.4 Å². The van der Waals surface area contributed by atoms with Crippen LogP contribution in [0.1, 0.15) is 25.0 Å². The zero-order valence-corrected chi connectivity index (χ0v) is 30.8. The molecule has 0 aliphatic heterocycles. The Morgan fingerprint density at radius 2 is 1.09 bits per heavy atom. The van der Waals surface area contributed by atoms with E-state index in [1.807, 2.05) is 0 Å². The summed E-state index contributed by atoms with van der Waals surface area (Å²) in [5.74, 6) is 0. The molecule has 0 atom stereocenters. The lowest BCUT2D eigenvalue weighted by molar-refractivity contribution is 0.660. The minimum Gasteiger partial charge on any atom is -0.455 e. The number of hydrogen-bond acceptors (Lipinski definition) is 2. The molecule has 0 saturated heterocycles. The summed E-state index contributed by atoms with van der Waals surface area (Å²) in [7, 11) is 0. The summed E-state index contributed by atoms with van der Waals surface area (Å²) in [5.41, 5.74) is 14.9. The summed E-state index contributed by atoms with van der Waals surface area (Å²) in [6, 6.07) is 68.3. The van der Waals surface area contributed by atoms with Gasteiger partial charge < -0.3 is 9.32 Å². The van der Waals surface area contributed by atoms with Gasteiger partial charge in [-0.25, -0.2) is 0 Å². The molecule has 9 aromatic carbocycles. The minimum absolute atomic E-state index is 0.130. The van der Waals surface area contributed by atoms with Gasteiger partial charge in [-0.05, 0) is 103 Å². The minimum atomic E-state index is -0.130. The zero-order valence-electron chi connectivity index (χ0n) is 30.8. The van der Waals surface area contributed by atoms with E-state index in [1.54, 1.807) is 0 Å². The number of furan rings is 1. The van der Waals surface area contributed by atoms with Crippen LogP contribution in [0.3, 0.4) is 0 Å². The van der Waals surface area contributed by atoms with Gasteiger partial charge in [-0.15, -0.1) is 0 Å². The zero-order chi connectivity index (χ0) is 36.7. The van der Waals surface area contributed by atoms with E-state index in [9.17, 15) is 0 Å². The average Bonchev–Trinajstić information content (AvgIpc) is 3.72. The fourth-order valence-electron chi connectivity index (χ4n) is 9.11. The molecule has 1 aliphatic carbocycles. The van der Waals surface area contributed by atoms with Gasteiger partial charge in [0.2, 0.25) is 0 Å². The highest BCUT2D eigenvalue weighted by Crippen LogP contribution is 2.52. The Labute approximate surface area is 320 Å². The first-order chi connectivity index (χ1) is 27.0. The standard InChI is InChI=1S/C53H37NO/c1-53(2)46-20-11-10-19-43(46)44-30-29-41(33-47(44)53)54(40-28-27-35-15-6-7-16-38(35)31-40)48-21-12-22-49-51(48)45-32-39-17-8-9-18-42(39)50(52(45)55-49)37-25-23-36(24-26-37)34-13-4-3-5-14-34/h3-33H,1-2H3. The second kappa shape index (κ2) is 12.1. The Bertz CT molecular complexity index is 3110. The van der Waals surface area contributed by atoms with Crippen molar-refractivity contribution < 1.29 is 4.42 Å². The molecule has 1 aromatic heterocycles. The molecule has 0 bridgehead atoms. The Balaban J connectivity index is 1.17. The molecule has 10 aromatic rings. The summed E-state index contributed by atoms with van der Waals surface area (Å²) in [4.78, 5) is 2.44. The highest BCUT2D eigenvalue weighted by Gasteiger charge is 2.36. The van der Waals surface area contributed by atoms with Crippen LogP contribution in [0.4, 0.5) is 17.1 Å². The quantitative estimate of drug-likeness (QED) is 0.177. The molecule has 260 valence electrons. The second-order valence-electron chi connectivity index (χ2n) is 15.3. The summed E-state index contributed by atoms with van der Waals surface area (Å²) >= 11 is 0. The Kier molecular flexibility index (Phi) is 6.93. The van der Waals surface area contributed by atoms with Crippen LogP contribution < -0.4 is 4.90 Å². The molecule has 1 heterocycles. The molecule has 11 rings (SSSR count). The van der Waals surface area contributed by atoms with Crippen molar-refractivity contribution in [3.8, 4) is 33.4 Å². The van der Waals surface area contributed by atoms with Gasteiger partial charge >= 0.3 is 0 Å². The molecule has 0 N–H and O–H groups in total. The van der Waals surface area contributed by atoms with E-state index in [2.05, 4.69) is 207 Å². The number of anilines is 3. The van der Waals surface area contributed by atoms with Gasteiger partial charge in [0.15, 0.2) is 0 Å². The molecule has 0 radical (unpaired) electrons. The SMILES string of the molecule is CC1(C)c2ccccc2-c2ccc(N(c3ccc4ccccc4c3)c3cccc4oc5c(-c6ccc(-c7ccccc7)cc6)c6ccccc6cc5c34)cc21. The predicted molar refractivity (Wildman–Crippen MR) is 232 cm³/mol. The van der Waals surface area contributed by atoms with Gasteiger partial charge in [0.05, 0.1) is 11.1 Å².